The van der Waals surface area contributed by atoms with Gasteiger partial charge in [-0.1, -0.05) is 12.1 Å². The Morgan fingerprint density at radius 1 is 1.28 bits per heavy atom. The van der Waals surface area contributed by atoms with Gasteiger partial charge >= 0.3 is 5.97 Å². The lowest BCUT2D eigenvalue weighted by atomic mass is 10.0. The molecule has 0 spiro atoms. The number of aliphatic carboxylic acids is 1. The van der Waals surface area contributed by atoms with E-state index in [4.69, 9.17) is 19.1 Å². The normalized spacial score (nSPS) is 16.8. The minimum atomic E-state index is -0.772. The number of carboxylic acid groups (broad SMARTS) is 1. The van der Waals surface area contributed by atoms with Crippen LogP contribution >= 0.6 is 12.4 Å². The van der Waals surface area contributed by atoms with Crippen LogP contribution in [0, 0.1) is 0 Å². The number of halogens is 1. The smallest absolute Gasteiger partial charge is 0.317 e. The molecule has 0 radical (unpaired) electrons. The van der Waals surface area contributed by atoms with Crippen molar-refractivity contribution in [2.45, 2.75) is 32.4 Å². The number of rotatable bonds is 7. The summed E-state index contributed by atoms with van der Waals surface area (Å²) in [6.07, 6.45) is 1.87. The van der Waals surface area contributed by atoms with Crippen LogP contribution in [0.4, 0.5) is 0 Å². The van der Waals surface area contributed by atoms with Crippen LogP contribution in [-0.2, 0) is 11.3 Å². The van der Waals surface area contributed by atoms with E-state index < -0.39 is 5.97 Å². The Bertz CT molecular complexity index is 838. The van der Waals surface area contributed by atoms with E-state index in [2.05, 4.69) is 15.0 Å². The maximum Gasteiger partial charge on any atom is 0.317 e. The van der Waals surface area contributed by atoms with Crippen LogP contribution < -0.4 is 9.47 Å². The molecule has 0 atom stereocenters. The number of piperidine rings is 1. The summed E-state index contributed by atoms with van der Waals surface area (Å²) in [7, 11) is 0. The molecule has 0 aliphatic carbocycles. The molecule has 158 valence electrons. The minimum absolute atomic E-state index is 0. The molecule has 1 N–H and O–H groups in total. The number of aromatic nitrogens is 2. The maximum absolute atomic E-state index is 11.0. The first-order valence-corrected chi connectivity index (χ1v) is 9.53. The van der Waals surface area contributed by atoms with Gasteiger partial charge in [0.05, 0.1) is 13.1 Å². The van der Waals surface area contributed by atoms with Gasteiger partial charge in [0.1, 0.15) is 0 Å². The molecule has 1 saturated heterocycles. The summed E-state index contributed by atoms with van der Waals surface area (Å²) >= 11 is 0. The van der Waals surface area contributed by atoms with Gasteiger partial charge in [-0.05, 0) is 37.6 Å². The van der Waals surface area contributed by atoms with Crippen molar-refractivity contribution < 1.29 is 23.9 Å². The fourth-order valence-corrected chi connectivity index (χ4v) is 3.78. The van der Waals surface area contributed by atoms with Crippen LogP contribution in [0.25, 0.3) is 11.4 Å². The van der Waals surface area contributed by atoms with E-state index in [1.54, 1.807) is 0 Å². The molecule has 2 aromatic rings. The summed E-state index contributed by atoms with van der Waals surface area (Å²) in [5.41, 5.74) is 0.824. The zero-order valence-electron chi connectivity index (χ0n) is 16.2. The Balaban J connectivity index is 0.00000240. The molecule has 2 aliphatic rings. The Labute approximate surface area is 175 Å². The lowest BCUT2D eigenvalue weighted by Crippen LogP contribution is -2.46. The molecular formula is C19H25ClN4O5. The third-order valence-electron chi connectivity index (χ3n) is 5.28. The van der Waals surface area contributed by atoms with Crippen molar-refractivity contribution >= 4 is 18.4 Å². The van der Waals surface area contributed by atoms with Crippen LogP contribution in [0.1, 0.15) is 25.7 Å². The molecule has 0 saturated carbocycles. The Morgan fingerprint density at radius 2 is 2.03 bits per heavy atom. The fraction of sp³-hybridized carbons (Fsp3) is 0.526. The van der Waals surface area contributed by atoms with E-state index in [9.17, 15) is 4.79 Å². The van der Waals surface area contributed by atoms with Gasteiger partial charge < -0.3 is 19.1 Å². The average Bonchev–Trinajstić information content (AvgIpc) is 3.35. The standard InChI is InChI=1S/C19H24N4O5.ClH/c1-2-23(11-18(24)25)14-5-7-22(8-6-14)10-17-20-19(21-28-17)13-3-4-15-16(9-13)27-12-26-15;/h3-4,9,14H,2,5-8,10-12H2,1H3,(H,24,25);1H. The third kappa shape index (κ3) is 4.98. The number of fused-ring (bicyclic) bond motifs is 1. The number of ether oxygens (including phenoxy) is 2. The van der Waals surface area contributed by atoms with E-state index in [1.165, 1.54) is 0 Å². The molecule has 29 heavy (non-hydrogen) atoms. The molecule has 0 unspecified atom stereocenters. The monoisotopic (exact) mass is 424 g/mol. The van der Waals surface area contributed by atoms with Gasteiger partial charge in [-0.3, -0.25) is 14.6 Å². The number of likely N-dealkylation sites (tertiary alicyclic amines) is 1. The number of carboxylic acids is 1. The third-order valence-corrected chi connectivity index (χ3v) is 5.28. The van der Waals surface area contributed by atoms with E-state index >= 15 is 0 Å². The molecule has 1 fully saturated rings. The Hall–Kier alpha value is -2.36. The minimum Gasteiger partial charge on any atom is -0.480 e. The highest BCUT2D eigenvalue weighted by Gasteiger charge is 2.26. The fourth-order valence-electron chi connectivity index (χ4n) is 3.78. The van der Waals surface area contributed by atoms with Crippen molar-refractivity contribution in [3.63, 3.8) is 0 Å². The zero-order valence-corrected chi connectivity index (χ0v) is 17.1. The number of hydrogen-bond donors (Lipinski definition) is 1. The molecule has 3 heterocycles. The summed E-state index contributed by atoms with van der Waals surface area (Å²) in [5.74, 6) is 1.74. The van der Waals surface area contributed by atoms with E-state index in [-0.39, 0.29) is 25.7 Å². The van der Waals surface area contributed by atoms with Gasteiger partial charge in [0.2, 0.25) is 18.5 Å². The van der Waals surface area contributed by atoms with Gasteiger partial charge in [-0.15, -0.1) is 12.4 Å². The van der Waals surface area contributed by atoms with Crippen LogP contribution in [0.5, 0.6) is 11.5 Å². The summed E-state index contributed by atoms with van der Waals surface area (Å²) in [5, 5.41) is 13.1. The van der Waals surface area contributed by atoms with Crippen molar-refractivity contribution in [1.82, 2.24) is 19.9 Å². The van der Waals surface area contributed by atoms with Gasteiger partial charge in [0.25, 0.3) is 0 Å². The predicted molar refractivity (Wildman–Crippen MR) is 106 cm³/mol. The summed E-state index contributed by atoms with van der Waals surface area (Å²) in [4.78, 5) is 19.8. The SMILES string of the molecule is CCN(CC(=O)O)C1CCN(Cc2nc(-c3ccc4c(c3)OCO4)no2)CC1.Cl. The van der Waals surface area contributed by atoms with Crippen LogP contribution in [0.3, 0.4) is 0 Å². The molecule has 4 rings (SSSR count). The average molecular weight is 425 g/mol. The van der Waals surface area contributed by atoms with Gasteiger partial charge in [-0.2, -0.15) is 4.98 Å². The van der Waals surface area contributed by atoms with Crippen molar-refractivity contribution in [3.8, 4) is 22.9 Å². The molecular weight excluding hydrogens is 400 g/mol. The summed E-state index contributed by atoms with van der Waals surface area (Å²) in [6, 6.07) is 5.89. The zero-order chi connectivity index (χ0) is 19.5. The number of likely N-dealkylation sites (N-methyl/N-ethyl adjacent to an activating group) is 1. The molecule has 10 heteroatoms. The molecule has 0 bridgehead atoms. The molecule has 9 nitrogen and oxygen atoms in total. The first-order chi connectivity index (χ1) is 13.6. The highest BCUT2D eigenvalue weighted by atomic mass is 35.5. The van der Waals surface area contributed by atoms with Gasteiger partial charge in [-0.25, -0.2) is 0 Å². The quantitative estimate of drug-likeness (QED) is 0.716. The highest BCUT2D eigenvalue weighted by Crippen LogP contribution is 2.35. The lowest BCUT2D eigenvalue weighted by molar-refractivity contribution is -0.139. The predicted octanol–water partition coefficient (Wildman–Crippen LogP) is 2.26. The van der Waals surface area contributed by atoms with Crippen molar-refractivity contribution in [2.24, 2.45) is 0 Å². The summed E-state index contributed by atoms with van der Waals surface area (Å²) in [6.45, 7) is 5.43. The molecule has 0 amide bonds. The first-order valence-electron chi connectivity index (χ1n) is 9.53. The Morgan fingerprint density at radius 3 is 2.76 bits per heavy atom. The lowest BCUT2D eigenvalue weighted by Gasteiger charge is -2.36. The topological polar surface area (TPSA) is 101 Å². The van der Waals surface area contributed by atoms with Crippen molar-refractivity contribution in [3.05, 3.63) is 24.1 Å². The van der Waals surface area contributed by atoms with Crippen molar-refractivity contribution in [2.75, 3.05) is 33.0 Å². The first kappa shape index (κ1) is 21.4. The van der Waals surface area contributed by atoms with E-state index in [0.29, 0.717) is 30.1 Å². The van der Waals surface area contributed by atoms with Crippen LogP contribution in [-0.4, -0.2) is 70.0 Å². The number of carbonyl (C=O) groups is 1. The second-order valence-corrected chi connectivity index (χ2v) is 7.04. The maximum atomic E-state index is 11.0. The second-order valence-electron chi connectivity index (χ2n) is 7.04. The number of nitrogens with zero attached hydrogens (tertiary/aromatic N) is 4. The van der Waals surface area contributed by atoms with Crippen LogP contribution in [0.15, 0.2) is 22.7 Å². The molecule has 2 aliphatic heterocycles. The van der Waals surface area contributed by atoms with E-state index in [0.717, 1.165) is 43.8 Å². The van der Waals surface area contributed by atoms with E-state index in [1.807, 2.05) is 30.0 Å². The number of hydrogen-bond acceptors (Lipinski definition) is 8. The van der Waals surface area contributed by atoms with Crippen molar-refractivity contribution in [1.29, 1.82) is 0 Å². The summed E-state index contributed by atoms with van der Waals surface area (Å²) < 4.78 is 16.1. The van der Waals surface area contributed by atoms with Crippen LogP contribution in [0.2, 0.25) is 0 Å². The van der Waals surface area contributed by atoms with Gasteiger partial charge in [0, 0.05) is 24.7 Å². The molecule has 1 aromatic carbocycles. The molecule has 1 aromatic heterocycles. The second kappa shape index (κ2) is 9.43. The Kier molecular flexibility index (Phi) is 6.94. The highest BCUT2D eigenvalue weighted by molar-refractivity contribution is 5.85. The van der Waals surface area contributed by atoms with Gasteiger partial charge in [0.15, 0.2) is 11.5 Å². The largest absolute Gasteiger partial charge is 0.480 e. The number of benzene rings is 1.